The summed E-state index contributed by atoms with van der Waals surface area (Å²) in [7, 11) is 0. The predicted octanol–water partition coefficient (Wildman–Crippen LogP) is 5.16. The second-order valence-corrected chi connectivity index (χ2v) is 7.47. The van der Waals surface area contributed by atoms with Gasteiger partial charge in [-0.1, -0.05) is 12.1 Å². The SMILES string of the molecule is CCOC(=O)C(Cc1cccc(OCCCOc2ccc(C(F)(F)F)cc2)c1O)OC(C)C. The van der Waals surface area contributed by atoms with Crippen molar-refractivity contribution >= 4 is 5.97 Å². The summed E-state index contributed by atoms with van der Waals surface area (Å²) < 4.78 is 59.5. The summed E-state index contributed by atoms with van der Waals surface area (Å²) in [6.07, 6.45) is -4.89. The molecular formula is C24H29F3O6. The van der Waals surface area contributed by atoms with Crippen molar-refractivity contribution in [2.45, 2.75) is 52.0 Å². The molecule has 0 aromatic heterocycles. The minimum absolute atomic E-state index is 0.0946. The third-order valence-corrected chi connectivity index (χ3v) is 4.47. The van der Waals surface area contributed by atoms with Gasteiger partial charge in [0.2, 0.25) is 0 Å². The van der Waals surface area contributed by atoms with E-state index >= 15 is 0 Å². The molecule has 2 aromatic carbocycles. The smallest absolute Gasteiger partial charge is 0.416 e. The van der Waals surface area contributed by atoms with Crippen molar-refractivity contribution in [3.05, 3.63) is 53.6 Å². The van der Waals surface area contributed by atoms with Gasteiger partial charge in [0, 0.05) is 18.4 Å². The molecule has 0 aliphatic carbocycles. The molecule has 0 heterocycles. The summed E-state index contributed by atoms with van der Waals surface area (Å²) in [5.74, 6) is -0.0302. The van der Waals surface area contributed by atoms with Gasteiger partial charge in [0.05, 0.1) is 31.5 Å². The number of alkyl halides is 3. The number of phenolic OH excluding ortho intramolecular Hbond substituents is 1. The lowest BCUT2D eigenvalue weighted by Gasteiger charge is -2.20. The quantitative estimate of drug-likeness (QED) is 0.341. The second-order valence-electron chi connectivity index (χ2n) is 7.47. The van der Waals surface area contributed by atoms with Gasteiger partial charge < -0.3 is 24.1 Å². The number of halogens is 3. The topological polar surface area (TPSA) is 74.2 Å². The highest BCUT2D eigenvalue weighted by atomic mass is 19.4. The van der Waals surface area contributed by atoms with E-state index in [0.29, 0.717) is 17.7 Å². The lowest BCUT2D eigenvalue weighted by atomic mass is 10.1. The van der Waals surface area contributed by atoms with Crippen LogP contribution in [0.2, 0.25) is 0 Å². The Morgan fingerprint density at radius 1 is 1.03 bits per heavy atom. The molecule has 0 spiro atoms. The van der Waals surface area contributed by atoms with Crippen molar-refractivity contribution < 1.29 is 42.0 Å². The highest BCUT2D eigenvalue weighted by Gasteiger charge is 2.30. The molecule has 0 saturated carbocycles. The molecule has 0 aliphatic heterocycles. The maximum absolute atomic E-state index is 12.6. The van der Waals surface area contributed by atoms with Crippen LogP contribution in [0.1, 0.15) is 38.3 Å². The number of esters is 1. The summed E-state index contributed by atoms with van der Waals surface area (Å²) in [5.41, 5.74) is -0.260. The summed E-state index contributed by atoms with van der Waals surface area (Å²) in [5, 5.41) is 10.6. The summed E-state index contributed by atoms with van der Waals surface area (Å²) in [6, 6.07) is 9.41. The number of ether oxygens (including phenoxy) is 4. The van der Waals surface area contributed by atoms with E-state index in [0.717, 1.165) is 12.1 Å². The van der Waals surface area contributed by atoms with Crippen LogP contribution < -0.4 is 9.47 Å². The van der Waals surface area contributed by atoms with Crippen molar-refractivity contribution in [1.29, 1.82) is 0 Å². The Labute approximate surface area is 191 Å². The van der Waals surface area contributed by atoms with Crippen LogP contribution in [0.5, 0.6) is 17.2 Å². The Hall–Kier alpha value is -2.94. The van der Waals surface area contributed by atoms with E-state index in [1.807, 2.05) is 0 Å². The predicted molar refractivity (Wildman–Crippen MR) is 116 cm³/mol. The fourth-order valence-corrected chi connectivity index (χ4v) is 2.97. The lowest BCUT2D eigenvalue weighted by molar-refractivity contribution is -0.159. The number of phenols is 1. The Balaban J connectivity index is 1.88. The number of carbonyl (C=O) groups is 1. The van der Waals surface area contributed by atoms with Crippen LogP contribution in [0.4, 0.5) is 13.2 Å². The number of benzene rings is 2. The highest BCUT2D eigenvalue weighted by molar-refractivity contribution is 5.75. The van der Waals surface area contributed by atoms with Gasteiger partial charge in [-0.3, -0.25) is 0 Å². The Bertz CT molecular complexity index is 881. The Kier molecular flexibility index (Phi) is 9.84. The second kappa shape index (κ2) is 12.3. The maximum Gasteiger partial charge on any atom is 0.416 e. The molecule has 0 bridgehead atoms. The molecule has 1 N–H and O–H groups in total. The van der Waals surface area contributed by atoms with Gasteiger partial charge in [0.15, 0.2) is 17.6 Å². The molecule has 33 heavy (non-hydrogen) atoms. The van der Waals surface area contributed by atoms with Crippen molar-refractivity contribution in [2.75, 3.05) is 19.8 Å². The number of hydrogen-bond donors (Lipinski definition) is 1. The number of hydrogen-bond acceptors (Lipinski definition) is 6. The maximum atomic E-state index is 12.6. The van der Waals surface area contributed by atoms with Crippen molar-refractivity contribution in [3.8, 4) is 17.2 Å². The van der Waals surface area contributed by atoms with E-state index in [1.54, 1.807) is 39.0 Å². The third kappa shape index (κ3) is 8.49. The Morgan fingerprint density at radius 3 is 2.30 bits per heavy atom. The molecule has 0 fully saturated rings. The molecule has 2 rings (SSSR count). The van der Waals surface area contributed by atoms with Gasteiger partial charge in [-0.25, -0.2) is 4.79 Å². The van der Waals surface area contributed by atoms with E-state index in [2.05, 4.69) is 0 Å². The summed E-state index contributed by atoms with van der Waals surface area (Å²) >= 11 is 0. The van der Waals surface area contributed by atoms with Crippen molar-refractivity contribution in [3.63, 3.8) is 0 Å². The fraction of sp³-hybridized carbons (Fsp3) is 0.458. The van der Waals surface area contributed by atoms with Gasteiger partial charge in [0.25, 0.3) is 0 Å². The molecule has 9 heteroatoms. The van der Waals surface area contributed by atoms with Crippen LogP contribution in [0, 0.1) is 0 Å². The first-order valence-electron chi connectivity index (χ1n) is 10.7. The van der Waals surface area contributed by atoms with E-state index in [-0.39, 0.29) is 43.8 Å². The molecule has 182 valence electrons. The number of carbonyl (C=O) groups excluding carboxylic acids is 1. The van der Waals surface area contributed by atoms with Crippen molar-refractivity contribution in [2.24, 2.45) is 0 Å². The average molecular weight is 470 g/mol. The first-order valence-corrected chi connectivity index (χ1v) is 10.7. The molecule has 0 aliphatic rings. The fourth-order valence-electron chi connectivity index (χ4n) is 2.97. The van der Waals surface area contributed by atoms with Gasteiger partial charge in [0.1, 0.15) is 5.75 Å². The molecule has 0 radical (unpaired) electrons. The van der Waals surface area contributed by atoms with Crippen LogP contribution in [0.3, 0.4) is 0 Å². The molecule has 6 nitrogen and oxygen atoms in total. The molecule has 1 atom stereocenters. The molecule has 2 aromatic rings. The molecule has 1 unspecified atom stereocenters. The number of aromatic hydroxyl groups is 1. The van der Waals surface area contributed by atoms with E-state index < -0.39 is 23.8 Å². The van der Waals surface area contributed by atoms with Gasteiger partial charge in [-0.2, -0.15) is 13.2 Å². The number of para-hydroxylation sites is 1. The van der Waals surface area contributed by atoms with Gasteiger partial charge >= 0.3 is 12.1 Å². The van der Waals surface area contributed by atoms with Crippen LogP contribution >= 0.6 is 0 Å². The third-order valence-electron chi connectivity index (χ3n) is 4.47. The normalized spacial score (nSPS) is 12.5. The van der Waals surface area contributed by atoms with Crippen LogP contribution in [-0.4, -0.2) is 43.1 Å². The lowest BCUT2D eigenvalue weighted by Crippen LogP contribution is -2.31. The van der Waals surface area contributed by atoms with Crippen LogP contribution in [-0.2, 0) is 26.9 Å². The zero-order valence-electron chi connectivity index (χ0n) is 18.9. The van der Waals surface area contributed by atoms with Gasteiger partial charge in [-0.15, -0.1) is 0 Å². The average Bonchev–Trinajstić information content (AvgIpc) is 2.75. The molecule has 0 saturated heterocycles. The largest absolute Gasteiger partial charge is 0.504 e. The first kappa shape index (κ1) is 26.3. The molecular weight excluding hydrogens is 441 g/mol. The Morgan fingerprint density at radius 2 is 1.70 bits per heavy atom. The zero-order valence-corrected chi connectivity index (χ0v) is 18.9. The van der Waals surface area contributed by atoms with Crippen molar-refractivity contribution in [1.82, 2.24) is 0 Å². The van der Waals surface area contributed by atoms with Crippen LogP contribution in [0.15, 0.2) is 42.5 Å². The monoisotopic (exact) mass is 470 g/mol. The van der Waals surface area contributed by atoms with E-state index in [4.69, 9.17) is 18.9 Å². The number of rotatable bonds is 12. The first-order chi connectivity index (χ1) is 15.6. The van der Waals surface area contributed by atoms with Gasteiger partial charge in [-0.05, 0) is 51.1 Å². The summed E-state index contributed by atoms with van der Waals surface area (Å²) in [4.78, 5) is 12.2. The van der Waals surface area contributed by atoms with Crippen LogP contribution in [0.25, 0.3) is 0 Å². The zero-order chi connectivity index (χ0) is 24.4. The van der Waals surface area contributed by atoms with E-state index in [9.17, 15) is 23.1 Å². The highest BCUT2D eigenvalue weighted by Crippen LogP contribution is 2.32. The summed E-state index contributed by atoms with van der Waals surface area (Å²) in [6.45, 7) is 5.97. The van der Waals surface area contributed by atoms with E-state index in [1.165, 1.54) is 12.1 Å². The molecule has 0 amide bonds. The minimum atomic E-state index is -4.39. The standard InChI is InChI=1S/C24H29F3O6/c1-4-30-23(29)21(33-16(2)3)15-17-7-5-8-20(22(17)28)32-14-6-13-31-19-11-9-18(10-12-19)24(25,26)27/h5,7-12,16,21,28H,4,6,13-15H2,1-3H3. The minimum Gasteiger partial charge on any atom is -0.504 e.